The number of nitrogens with zero attached hydrogens (tertiary/aromatic N) is 3. The third kappa shape index (κ3) is 1.50. The fourth-order valence-corrected chi connectivity index (χ4v) is 2.50. The van der Waals surface area contributed by atoms with Gasteiger partial charge in [-0.1, -0.05) is 0 Å². The lowest BCUT2D eigenvalue weighted by molar-refractivity contribution is 0.0797. The summed E-state index contributed by atoms with van der Waals surface area (Å²) < 4.78 is 26.1. The first-order chi connectivity index (χ1) is 8.04. The van der Waals surface area contributed by atoms with E-state index in [0.29, 0.717) is 30.3 Å². The molecule has 17 heavy (non-hydrogen) atoms. The van der Waals surface area contributed by atoms with E-state index in [-0.39, 0.29) is 6.61 Å². The van der Waals surface area contributed by atoms with E-state index < -0.39 is 17.8 Å². The van der Waals surface area contributed by atoms with Crippen LogP contribution in [0.5, 0.6) is 0 Å². The van der Waals surface area contributed by atoms with E-state index in [1.807, 2.05) is 4.90 Å². The highest BCUT2D eigenvalue weighted by Gasteiger charge is 2.71. The van der Waals surface area contributed by atoms with E-state index in [4.69, 9.17) is 5.11 Å². The van der Waals surface area contributed by atoms with Gasteiger partial charge in [0.15, 0.2) is 0 Å². The van der Waals surface area contributed by atoms with E-state index in [9.17, 15) is 8.78 Å². The summed E-state index contributed by atoms with van der Waals surface area (Å²) in [7, 11) is 0. The van der Waals surface area contributed by atoms with Crippen molar-refractivity contribution in [1.82, 2.24) is 9.97 Å². The van der Waals surface area contributed by atoms with Crippen molar-refractivity contribution in [2.24, 2.45) is 11.8 Å². The van der Waals surface area contributed by atoms with Gasteiger partial charge in [0.1, 0.15) is 5.82 Å². The quantitative estimate of drug-likeness (QED) is 0.838. The van der Waals surface area contributed by atoms with E-state index in [0.717, 1.165) is 0 Å². The summed E-state index contributed by atoms with van der Waals surface area (Å²) in [4.78, 5) is 10.2. The number of alkyl halides is 2. The average molecular weight is 241 g/mol. The number of aryl methyl sites for hydroxylation is 1. The normalized spacial score (nSPS) is 29.3. The Balaban J connectivity index is 1.77. The summed E-state index contributed by atoms with van der Waals surface area (Å²) in [6.45, 7) is 2.31. The Labute approximate surface area is 97.3 Å². The number of piperidine rings is 1. The molecule has 0 aromatic carbocycles. The van der Waals surface area contributed by atoms with Crippen molar-refractivity contribution in [3.05, 3.63) is 17.6 Å². The van der Waals surface area contributed by atoms with Crippen molar-refractivity contribution in [3.63, 3.8) is 0 Å². The Morgan fingerprint density at radius 3 is 2.65 bits per heavy atom. The number of rotatable bonds is 2. The molecule has 1 aliphatic heterocycles. The van der Waals surface area contributed by atoms with Crippen LogP contribution in [0.3, 0.4) is 0 Å². The smallest absolute Gasteiger partial charge is 0.258 e. The standard InChI is InChI=1S/C11H13F2N3O/c1-6-9(5-17)14-2-10(15-6)16-3-7-8(4-16)11(7,12)13/h2,7-8,17H,3-5H2,1H3. The van der Waals surface area contributed by atoms with Gasteiger partial charge in [0.25, 0.3) is 5.92 Å². The second-order valence-electron chi connectivity index (χ2n) is 4.71. The fraction of sp³-hybridized carbons (Fsp3) is 0.636. The number of halogens is 2. The molecule has 6 heteroatoms. The Morgan fingerprint density at radius 1 is 1.47 bits per heavy atom. The maximum Gasteiger partial charge on any atom is 0.258 e. The lowest BCUT2D eigenvalue weighted by Gasteiger charge is -2.21. The predicted octanol–water partition coefficient (Wildman–Crippen LogP) is 0.979. The zero-order valence-electron chi connectivity index (χ0n) is 9.40. The molecule has 0 amide bonds. The van der Waals surface area contributed by atoms with E-state index in [1.54, 1.807) is 13.1 Å². The van der Waals surface area contributed by atoms with Gasteiger partial charge in [-0.15, -0.1) is 0 Å². The summed E-state index contributed by atoms with van der Waals surface area (Å²) in [5.74, 6) is -2.86. The van der Waals surface area contributed by atoms with E-state index in [2.05, 4.69) is 9.97 Å². The molecule has 1 aliphatic carbocycles. The van der Waals surface area contributed by atoms with Crippen LogP contribution in [0, 0.1) is 18.8 Å². The molecule has 3 rings (SSSR count). The molecule has 4 nitrogen and oxygen atoms in total. The first-order valence-electron chi connectivity index (χ1n) is 5.60. The molecule has 2 atom stereocenters. The van der Waals surface area contributed by atoms with Crippen molar-refractivity contribution in [2.45, 2.75) is 19.5 Å². The number of fused-ring (bicyclic) bond motifs is 1. The van der Waals surface area contributed by atoms with Crippen molar-refractivity contribution in [1.29, 1.82) is 0 Å². The number of anilines is 1. The average Bonchev–Trinajstić information content (AvgIpc) is 2.70. The molecule has 1 saturated carbocycles. The lowest BCUT2D eigenvalue weighted by Crippen LogP contribution is -2.28. The van der Waals surface area contributed by atoms with E-state index in [1.165, 1.54) is 0 Å². The van der Waals surface area contributed by atoms with Crippen LogP contribution in [-0.2, 0) is 6.61 Å². The molecule has 0 radical (unpaired) electrons. The van der Waals surface area contributed by atoms with Gasteiger partial charge in [-0.2, -0.15) is 0 Å². The SMILES string of the molecule is Cc1nc(N2CC3C(C2)C3(F)F)cnc1CO. The third-order valence-electron chi connectivity index (χ3n) is 3.71. The molecule has 1 aromatic rings. The molecule has 0 spiro atoms. The van der Waals surface area contributed by atoms with Crippen molar-refractivity contribution in [2.75, 3.05) is 18.0 Å². The van der Waals surface area contributed by atoms with Crippen molar-refractivity contribution < 1.29 is 13.9 Å². The third-order valence-corrected chi connectivity index (χ3v) is 3.71. The molecule has 1 aromatic heterocycles. The topological polar surface area (TPSA) is 49.2 Å². The minimum absolute atomic E-state index is 0.150. The highest BCUT2D eigenvalue weighted by Crippen LogP contribution is 2.59. The van der Waals surface area contributed by atoms with Crippen LogP contribution >= 0.6 is 0 Å². The van der Waals surface area contributed by atoms with Crippen LogP contribution in [0.2, 0.25) is 0 Å². The monoisotopic (exact) mass is 241 g/mol. The summed E-state index contributed by atoms with van der Waals surface area (Å²) in [6, 6.07) is 0. The minimum atomic E-state index is -2.47. The summed E-state index contributed by atoms with van der Waals surface area (Å²) in [5, 5.41) is 8.98. The maximum absolute atomic E-state index is 13.0. The maximum atomic E-state index is 13.0. The van der Waals surface area contributed by atoms with Gasteiger partial charge in [0.2, 0.25) is 0 Å². The van der Waals surface area contributed by atoms with Gasteiger partial charge in [0, 0.05) is 13.1 Å². The van der Waals surface area contributed by atoms with Crippen LogP contribution in [0.15, 0.2) is 6.20 Å². The van der Waals surface area contributed by atoms with Gasteiger partial charge in [-0.05, 0) is 6.92 Å². The highest BCUT2D eigenvalue weighted by atomic mass is 19.3. The molecule has 0 bridgehead atoms. The Morgan fingerprint density at radius 2 is 2.12 bits per heavy atom. The zero-order chi connectivity index (χ0) is 12.2. The fourth-order valence-electron chi connectivity index (χ4n) is 2.50. The summed E-state index contributed by atoms with van der Waals surface area (Å²) in [6.07, 6.45) is 1.54. The van der Waals surface area contributed by atoms with Gasteiger partial charge < -0.3 is 10.0 Å². The largest absolute Gasteiger partial charge is 0.390 e. The number of aliphatic hydroxyl groups excluding tert-OH is 1. The predicted molar refractivity (Wildman–Crippen MR) is 56.8 cm³/mol. The van der Waals surface area contributed by atoms with Gasteiger partial charge in [-0.25, -0.2) is 13.8 Å². The van der Waals surface area contributed by atoms with Crippen LogP contribution in [0.4, 0.5) is 14.6 Å². The number of hydrogen-bond donors (Lipinski definition) is 1. The molecule has 2 heterocycles. The molecular weight excluding hydrogens is 228 g/mol. The Kier molecular flexibility index (Phi) is 2.13. The van der Waals surface area contributed by atoms with Crippen LogP contribution in [0.1, 0.15) is 11.4 Å². The van der Waals surface area contributed by atoms with Crippen LogP contribution < -0.4 is 4.90 Å². The van der Waals surface area contributed by atoms with Crippen molar-refractivity contribution >= 4 is 5.82 Å². The zero-order valence-corrected chi connectivity index (χ0v) is 9.40. The summed E-state index contributed by atoms with van der Waals surface area (Å²) in [5.41, 5.74) is 1.18. The molecule has 1 saturated heterocycles. The van der Waals surface area contributed by atoms with Crippen LogP contribution in [0.25, 0.3) is 0 Å². The van der Waals surface area contributed by atoms with Crippen LogP contribution in [-0.4, -0.2) is 34.1 Å². The second kappa shape index (κ2) is 3.35. The molecule has 2 unspecified atom stereocenters. The Bertz CT molecular complexity index is 452. The number of aliphatic hydroxyl groups is 1. The number of hydrogen-bond acceptors (Lipinski definition) is 4. The minimum Gasteiger partial charge on any atom is -0.390 e. The molecule has 92 valence electrons. The second-order valence-corrected chi connectivity index (χ2v) is 4.71. The molecule has 2 aliphatic rings. The molecule has 2 fully saturated rings. The van der Waals surface area contributed by atoms with E-state index >= 15 is 0 Å². The first kappa shape index (κ1) is 10.8. The van der Waals surface area contributed by atoms with Gasteiger partial charge in [0.05, 0.1) is 36.0 Å². The molecular formula is C11H13F2N3O. The number of aromatic nitrogens is 2. The van der Waals surface area contributed by atoms with Crippen molar-refractivity contribution in [3.8, 4) is 0 Å². The lowest BCUT2D eigenvalue weighted by atomic mass is 10.3. The van der Waals surface area contributed by atoms with Gasteiger partial charge in [-0.3, -0.25) is 4.98 Å². The summed E-state index contributed by atoms with van der Waals surface area (Å²) >= 11 is 0. The van der Waals surface area contributed by atoms with Gasteiger partial charge >= 0.3 is 0 Å². The highest BCUT2D eigenvalue weighted by molar-refractivity contribution is 5.42. The first-order valence-corrected chi connectivity index (χ1v) is 5.60. The Hall–Kier alpha value is -1.30. The molecule has 1 N–H and O–H groups in total.